The number of fused-ring (bicyclic) bond motifs is 3. The molecule has 0 unspecified atom stereocenters. The molecule has 16 heteroatoms. The molecule has 0 spiro atoms. The third kappa shape index (κ3) is 7.87. The molecule has 0 radical (unpaired) electrons. The second-order valence-corrected chi connectivity index (χ2v) is 16.9. The number of ether oxygens (including phenoxy) is 5. The average Bonchev–Trinajstić information content (AvgIpc) is 3.85. The smallest absolute Gasteiger partial charge is 0.255 e. The Morgan fingerprint density at radius 1 is 0.905 bits per heavy atom. The van der Waals surface area contributed by atoms with Gasteiger partial charge in [-0.15, -0.1) is 0 Å². The van der Waals surface area contributed by atoms with Crippen molar-refractivity contribution in [2.24, 2.45) is 22.9 Å². The molecule has 63 heavy (non-hydrogen) atoms. The van der Waals surface area contributed by atoms with Crippen molar-refractivity contribution >= 4 is 34.5 Å². The topological polar surface area (TPSA) is 183 Å². The monoisotopic (exact) mass is 854 g/mol. The number of hydrogen-bond donors (Lipinski definition) is 2. The quantitative estimate of drug-likeness (QED) is 0.143. The van der Waals surface area contributed by atoms with Gasteiger partial charge in [0.1, 0.15) is 29.3 Å². The number of piperidine rings is 1. The number of carbonyl (C=O) groups is 3. The molecule has 2 aromatic carbocycles. The minimum Gasteiger partial charge on any atom is -0.493 e. The maximum atomic E-state index is 14.5. The van der Waals surface area contributed by atoms with Crippen LogP contribution in [0.5, 0.6) is 28.7 Å². The van der Waals surface area contributed by atoms with Crippen molar-refractivity contribution in [3.63, 3.8) is 0 Å². The zero-order valence-electron chi connectivity index (χ0n) is 35.4. The summed E-state index contributed by atoms with van der Waals surface area (Å²) in [5.74, 6) is 2.67. The fourth-order valence-electron chi connectivity index (χ4n) is 9.50. The Bertz CT molecular complexity index is 2570. The van der Waals surface area contributed by atoms with Gasteiger partial charge in [-0.2, -0.15) is 5.10 Å². The maximum absolute atomic E-state index is 14.5. The first-order valence-electron chi connectivity index (χ1n) is 21.9. The summed E-state index contributed by atoms with van der Waals surface area (Å²) in [6.07, 6.45) is 11.9. The standard InChI is InChI=1S/C47H50N8O8/c1-59-35-13-12-28(21-38(35)60-2)40-31-8-3-4-9-32(31)46(57)55(53-40)30-16-19-54(20-17-30)47(58)34(22-29-7-5-6-18-48-29)52-45(56)33-23-49-43-41(33)50-25-51-42(43)39-36(61-24-27-10-11-27)14-15-37-44(39)63-26-62-37/h5-7,12-15,18,21,23,25,27,30-32,34,49H,3-4,8-11,16-17,19-20,22,24,26H2,1-2H3,(H,52,56)/t31-,32+,34-/m0/s1. The van der Waals surface area contributed by atoms with Gasteiger partial charge >= 0.3 is 0 Å². The predicted octanol–water partition coefficient (Wildman–Crippen LogP) is 5.94. The summed E-state index contributed by atoms with van der Waals surface area (Å²) in [5.41, 5.74) is 4.73. The molecule has 16 nitrogen and oxygen atoms in total. The van der Waals surface area contributed by atoms with Gasteiger partial charge in [-0.3, -0.25) is 19.4 Å². The van der Waals surface area contributed by atoms with E-state index in [0.29, 0.717) is 95.2 Å². The number of aromatic amines is 1. The molecule has 3 fully saturated rings. The van der Waals surface area contributed by atoms with Gasteiger partial charge in [-0.1, -0.05) is 18.9 Å². The molecule has 1 saturated heterocycles. The number of hydrazone groups is 1. The molecular weight excluding hydrogens is 805 g/mol. The number of nitrogens with one attached hydrogen (secondary N) is 2. The number of aromatic nitrogens is 4. The van der Waals surface area contributed by atoms with Gasteiger partial charge < -0.3 is 38.9 Å². The molecule has 2 N–H and O–H groups in total. The number of nitrogens with zero attached hydrogens (tertiary/aromatic N) is 6. The predicted molar refractivity (Wildman–Crippen MR) is 231 cm³/mol. The third-order valence-electron chi connectivity index (χ3n) is 13.0. The number of methoxy groups -OCH3 is 2. The molecule has 3 amide bonds. The van der Waals surface area contributed by atoms with Crippen molar-refractivity contribution in [2.75, 3.05) is 40.7 Å². The number of H-pyrrole nitrogens is 1. The number of amides is 3. The largest absolute Gasteiger partial charge is 0.493 e. The van der Waals surface area contributed by atoms with Crippen LogP contribution in [0.25, 0.3) is 22.3 Å². The van der Waals surface area contributed by atoms with Crippen LogP contribution in [0.3, 0.4) is 0 Å². The number of hydrogen-bond acceptors (Lipinski definition) is 12. The minimum absolute atomic E-state index is 0.0273. The molecule has 10 rings (SSSR count). The second-order valence-electron chi connectivity index (χ2n) is 16.9. The van der Waals surface area contributed by atoms with Gasteiger partial charge in [0.2, 0.25) is 18.6 Å². The lowest BCUT2D eigenvalue weighted by molar-refractivity contribution is -0.143. The van der Waals surface area contributed by atoms with Gasteiger partial charge in [-0.05, 0) is 86.9 Å². The molecule has 326 valence electrons. The van der Waals surface area contributed by atoms with Crippen LogP contribution in [-0.4, -0.2) is 106 Å². The summed E-state index contributed by atoms with van der Waals surface area (Å²) in [7, 11) is 3.22. The van der Waals surface area contributed by atoms with E-state index in [1.165, 1.54) is 6.33 Å². The molecule has 6 heterocycles. The Morgan fingerprint density at radius 2 is 1.71 bits per heavy atom. The molecule has 3 aromatic heterocycles. The molecule has 5 aliphatic rings. The number of rotatable bonds is 13. The van der Waals surface area contributed by atoms with E-state index in [0.717, 1.165) is 49.8 Å². The van der Waals surface area contributed by atoms with Crippen molar-refractivity contribution in [1.29, 1.82) is 0 Å². The lowest BCUT2D eigenvalue weighted by Gasteiger charge is -2.43. The van der Waals surface area contributed by atoms with Crippen LogP contribution in [-0.2, 0) is 16.0 Å². The molecule has 3 aliphatic heterocycles. The van der Waals surface area contributed by atoms with Crippen LogP contribution < -0.4 is 29.0 Å². The van der Waals surface area contributed by atoms with E-state index >= 15 is 0 Å². The van der Waals surface area contributed by atoms with Gasteiger partial charge in [0.05, 0.1) is 49.2 Å². The Hall–Kier alpha value is -6.71. The van der Waals surface area contributed by atoms with Gasteiger partial charge in [-0.25, -0.2) is 15.0 Å². The lowest BCUT2D eigenvalue weighted by Crippen LogP contribution is -2.56. The highest BCUT2D eigenvalue weighted by Gasteiger charge is 2.44. The average molecular weight is 855 g/mol. The Balaban J connectivity index is 0.888. The van der Waals surface area contributed by atoms with Gasteiger partial charge in [0.25, 0.3) is 5.91 Å². The zero-order valence-corrected chi connectivity index (χ0v) is 35.4. The van der Waals surface area contributed by atoms with Crippen LogP contribution in [0.2, 0.25) is 0 Å². The summed E-state index contributed by atoms with van der Waals surface area (Å²) < 4.78 is 29.0. The maximum Gasteiger partial charge on any atom is 0.255 e. The van der Waals surface area contributed by atoms with Crippen molar-refractivity contribution < 1.29 is 38.1 Å². The lowest BCUT2D eigenvalue weighted by atomic mass is 9.73. The number of likely N-dealkylation sites (tertiary alicyclic amines) is 1. The molecule has 2 aliphatic carbocycles. The minimum atomic E-state index is -0.935. The highest BCUT2D eigenvalue weighted by atomic mass is 16.7. The highest BCUT2D eigenvalue weighted by molar-refractivity contribution is 6.09. The SMILES string of the molecule is COc1ccc(C2=NN(C3CCN(C(=O)[C@H](Cc4ccccn4)NC(=O)c4c[nH]c5c(-c6c(OCC7CC7)ccc7c6OCO7)ncnc45)CC3)C(=O)[C@@H]3CCCC[C@H]23)cc1OC. The first-order chi connectivity index (χ1) is 30.9. The van der Waals surface area contributed by atoms with Gasteiger partial charge in [0.15, 0.2) is 23.0 Å². The third-order valence-corrected chi connectivity index (χ3v) is 13.0. The molecule has 5 aromatic rings. The molecule has 2 saturated carbocycles. The first-order valence-corrected chi connectivity index (χ1v) is 21.9. The molecule has 3 atom stereocenters. The summed E-state index contributed by atoms with van der Waals surface area (Å²) in [5, 5.41) is 9.83. The summed E-state index contributed by atoms with van der Waals surface area (Å²) >= 11 is 0. The van der Waals surface area contributed by atoms with Crippen molar-refractivity contribution in [2.45, 2.75) is 69.9 Å². The van der Waals surface area contributed by atoms with E-state index in [4.69, 9.17) is 28.8 Å². The molecule has 0 bridgehead atoms. The molecular formula is C47H50N8O8. The second kappa shape index (κ2) is 17.2. The van der Waals surface area contributed by atoms with E-state index in [1.54, 1.807) is 36.5 Å². The highest BCUT2D eigenvalue weighted by Crippen LogP contribution is 2.48. The van der Waals surface area contributed by atoms with E-state index in [9.17, 15) is 14.4 Å². The normalized spacial score (nSPS) is 20.2. The van der Waals surface area contributed by atoms with Crippen LogP contribution in [0, 0.1) is 17.8 Å². The van der Waals surface area contributed by atoms with Crippen molar-refractivity contribution in [3.8, 4) is 40.0 Å². The van der Waals surface area contributed by atoms with E-state index in [1.807, 2.05) is 48.5 Å². The first kappa shape index (κ1) is 40.4. The van der Waals surface area contributed by atoms with Crippen LogP contribution in [0.1, 0.15) is 73.0 Å². The van der Waals surface area contributed by atoms with Crippen LogP contribution in [0.4, 0.5) is 0 Å². The Kier molecular flexibility index (Phi) is 11.0. The van der Waals surface area contributed by atoms with E-state index < -0.39 is 11.9 Å². The fraction of sp³-hybridized carbons (Fsp3) is 0.426. The number of carbonyl (C=O) groups excluding carboxylic acids is 3. The zero-order chi connectivity index (χ0) is 43.0. The van der Waals surface area contributed by atoms with Crippen molar-refractivity contribution in [3.05, 3.63) is 84.1 Å². The van der Waals surface area contributed by atoms with Crippen molar-refractivity contribution in [1.82, 2.24) is 35.2 Å². The Morgan fingerprint density at radius 3 is 2.49 bits per heavy atom. The van der Waals surface area contributed by atoms with E-state index in [2.05, 4.69) is 25.3 Å². The van der Waals surface area contributed by atoms with E-state index in [-0.39, 0.29) is 48.5 Å². The summed E-state index contributed by atoms with van der Waals surface area (Å²) in [6, 6.07) is 13.9. The Labute approximate surface area is 364 Å². The van der Waals surface area contributed by atoms with Crippen LogP contribution in [0.15, 0.2) is 72.4 Å². The number of benzene rings is 2. The fourth-order valence-corrected chi connectivity index (χ4v) is 9.50. The number of pyridine rings is 1. The van der Waals surface area contributed by atoms with Gasteiger partial charge in [0, 0.05) is 55.0 Å². The summed E-state index contributed by atoms with van der Waals surface area (Å²) in [6.45, 7) is 1.42. The van der Waals surface area contributed by atoms with Crippen LogP contribution >= 0.6 is 0 Å². The summed E-state index contributed by atoms with van der Waals surface area (Å²) in [4.78, 5) is 61.6.